The van der Waals surface area contributed by atoms with E-state index in [1.54, 1.807) is 0 Å². The summed E-state index contributed by atoms with van der Waals surface area (Å²) in [4.78, 5) is 6.61. The number of anilines is 1. The predicted molar refractivity (Wildman–Crippen MR) is 62.0 cm³/mol. The molecular weight excluding hydrogens is 301 g/mol. The summed E-state index contributed by atoms with van der Waals surface area (Å²) in [5, 5.41) is 0. The summed E-state index contributed by atoms with van der Waals surface area (Å²) in [5.74, 6) is -0.619. The Bertz CT molecular complexity index is 572. The first kappa shape index (κ1) is 14.9. The Balaban J connectivity index is 2.17. The van der Waals surface area contributed by atoms with Crippen LogP contribution >= 0.6 is 0 Å². The summed E-state index contributed by atoms with van der Waals surface area (Å²) in [6.07, 6.45) is -3.82. The highest BCUT2D eigenvalue weighted by molar-refractivity contribution is 7.90. The number of alkyl halides is 3. The van der Waals surface area contributed by atoms with Gasteiger partial charge in [-0.3, -0.25) is 0 Å². The second-order valence-electron chi connectivity index (χ2n) is 3.88. The average molecular weight is 312 g/mol. The van der Waals surface area contributed by atoms with Crippen LogP contribution in [0.3, 0.4) is 0 Å². The Kier molecular flexibility index (Phi) is 4.11. The lowest BCUT2D eigenvalue weighted by molar-refractivity contribution is -0.141. The van der Waals surface area contributed by atoms with Gasteiger partial charge in [0.1, 0.15) is 5.69 Å². The van der Waals surface area contributed by atoms with E-state index in [2.05, 4.69) is 9.97 Å². The van der Waals surface area contributed by atoms with Crippen molar-refractivity contribution in [3.63, 3.8) is 0 Å². The van der Waals surface area contributed by atoms with Gasteiger partial charge in [0.15, 0.2) is 0 Å². The van der Waals surface area contributed by atoms with E-state index >= 15 is 0 Å². The second kappa shape index (κ2) is 5.50. The van der Waals surface area contributed by atoms with E-state index in [0.29, 0.717) is 6.07 Å². The molecule has 0 saturated carbocycles. The third kappa shape index (κ3) is 3.55. The minimum atomic E-state index is -4.66. The number of aromatic nitrogens is 2. The molecule has 1 aliphatic heterocycles. The second-order valence-corrected chi connectivity index (χ2v) is 5.55. The number of nitrogens with one attached hydrogen (secondary N) is 1. The molecule has 11 heteroatoms. The zero-order valence-corrected chi connectivity index (χ0v) is 10.9. The zero-order chi connectivity index (χ0) is 14.8. The molecule has 0 bridgehead atoms. The minimum Gasteiger partial charge on any atom is -0.379 e. The van der Waals surface area contributed by atoms with E-state index in [4.69, 9.17) is 4.74 Å². The maximum atomic E-state index is 12.5. The molecule has 0 aromatic carbocycles. The van der Waals surface area contributed by atoms with Gasteiger partial charge in [0.25, 0.3) is 0 Å². The van der Waals surface area contributed by atoms with Crippen molar-refractivity contribution in [2.45, 2.75) is 6.18 Å². The monoisotopic (exact) mass is 312 g/mol. The molecule has 0 atom stereocenters. The van der Waals surface area contributed by atoms with Crippen molar-refractivity contribution >= 4 is 16.2 Å². The molecule has 1 aliphatic rings. The molecule has 2 rings (SSSR count). The molecule has 0 amide bonds. The first-order valence-corrected chi connectivity index (χ1v) is 6.99. The van der Waals surface area contributed by atoms with Crippen LogP contribution in [0.1, 0.15) is 5.69 Å². The van der Waals surface area contributed by atoms with E-state index in [9.17, 15) is 21.6 Å². The van der Waals surface area contributed by atoms with Crippen LogP contribution in [-0.2, 0) is 21.1 Å². The van der Waals surface area contributed by atoms with Gasteiger partial charge in [0, 0.05) is 19.3 Å². The highest BCUT2D eigenvalue weighted by Gasteiger charge is 2.33. The molecule has 0 radical (unpaired) electrons. The Morgan fingerprint density at radius 1 is 1.30 bits per heavy atom. The highest BCUT2D eigenvalue weighted by atomic mass is 32.2. The Morgan fingerprint density at radius 3 is 2.55 bits per heavy atom. The fourth-order valence-corrected chi connectivity index (χ4v) is 2.62. The van der Waals surface area contributed by atoms with Crippen LogP contribution in [-0.4, -0.2) is 49.0 Å². The van der Waals surface area contributed by atoms with Gasteiger partial charge in [-0.25, -0.2) is 14.7 Å². The van der Waals surface area contributed by atoms with Gasteiger partial charge in [-0.05, 0) is 6.07 Å². The molecular formula is C9H11F3N4O3S. The van der Waals surface area contributed by atoms with E-state index < -0.39 is 28.0 Å². The molecule has 2 heterocycles. The van der Waals surface area contributed by atoms with E-state index in [0.717, 1.165) is 10.5 Å². The quantitative estimate of drug-likeness (QED) is 0.878. The van der Waals surface area contributed by atoms with Gasteiger partial charge < -0.3 is 4.74 Å². The van der Waals surface area contributed by atoms with Crippen LogP contribution in [0.4, 0.5) is 19.1 Å². The van der Waals surface area contributed by atoms with Gasteiger partial charge in [-0.15, -0.1) is 0 Å². The molecule has 0 aliphatic carbocycles. The van der Waals surface area contributed by atoms with Crippen molar-refractivity contribution in [1.29, 1.82) is 0 Å². The molecule has 1 aromatic heterocycles. The van der Waals surface area contributed by atoms with E-state index in [1.807, 2.05) is 4.72 Å². The topological polar surface area (TPSA) is 84.4 Å². The smallest absolute Gasteiger partial charge is 0.379 e. The number of nitrogens with zero attached hydrogens (tertiary/aromatic N) is 3. The summed E-state index contributed by atoms with van der Waals surface area (Å²) in [6.45, 7) is 0.692. The summed E-state index contributed by atoms with van der Waals surface area (Å²) in [7, 11) is -3.99. The van der Waals surface area contributed by atoms with Crippen molar-refractivity contribution < 1.29 is 26.3 Å². The molecule has 1 fully saturated rings. The van der Waals surface area contributed by atoms with Gasteiger partial charge >= 0.3 is 16.4 Å². The Labute approximate surface area is 113 Å². The largest absolute Gasteiger partial charge is 0.433 e. The number of hydrogen-bond donors (Lipinski definition) is 1. The van der Waals surface area contributed by atoms with Crippen molar-refractivity contribution in [1.82, 2.24) is 14.3 Å². The summed E-state index contributed by atoms with van der Waals surface area (Å²) >= 11 is 0. The lowest BCUT2D eigenvalue weighted by atomic mass is 10.4. The lowest BCUT2D eigenvalue weighted by Crippen LogP contribution is -2.43. The van der Waals surface area contributed by atoms with Crippen molar-refractivity contribution in [3.8, 4) is 0 Å². The first-order valence-electron chi connectivity index (χ1n) is 5.55. The SMILES string of the molecule is O=S(=O)(Nc1nccc(C(F)(F)F)n1)N1CCOCC1. The molecule has 20 heavy (non-hydrogen) atoms. The normalized spacial score (nSPS) is 17.9. The summed E-state index contributed by atoms with van der Waals surface area (Å²) in [5.41, 5.74) is -1.22. The van der Waals surface area contributed by atoms with Gasteiger partial charge in [-0.1, -0.05) is 0 Å². The van der Waals surface area contributed by atoms with Crippen molar-refractivity contribution in [2.75, 3.05) is 31.0 Å². The van der Waals surface area contributed by atoms with E-state index in [1.165, 1.54) is 0 Å². The van der Waals surface area contributed by atoms with Crippen LogP contribution in [0.2, 0.25) is 0 Å². The van der Waals surface area contributed by atoms with Crippen LogP contribution in [0.25, 0.3) is 0 Å². The average Bonchev–Trinajstić information content (AvgIpc) is 2.38. The van der Waals surface area contributed by atoms with Crippen LogP contribution in [0.5, 0.6) is 0 Å². The van der Waals surface area contributed by atoms with Gasteiger partial charge in [0.2, 0.25) is 5.95 Å². The van der Waals surface area contributed by atoms with Crippen LogP contribution in [0.15, 0.2) is 12.3 Å². The minimum absolute atomic E-state index is 0.119. The van der Waals surface area contributed by atoms with Gasteiger partial charge in [-0.2, -0.15) is 25.9 Å². The van der Waals surface area contributed by atoms with Crippen molar-refractivity contribution in [2.24, 2.45) is 0 Å². The number of halogens is 3. The fourth-order valence-electron chi connectivity index (χ4n) is 1.53. The molecule has 112 valence electrons. The Morgan fingerprint density at radius 2 is 1.95 bits per heavy atom. The molecule has 1 saturated heterocycles. The molecule has 0 unspecified atom stereocenters. The standard InChI is InChI=1S/C9H11F3N4O3S/c10-9(11,12)7-1-2-13-8(14-7)15-20(17,18)16-3-5-19-6-4-16/h1-2H,3-6H2,(H,13,14,15). The molecule has 1 aromatic rings. The third-order valence-corrected chi connectivity index (χ3v) is 3.96. The first-order chi connectivity index (χ1) is 9.29. The van der Waals surface area contributed by atoms with Crippen LogP contribution < -0.4 is 4.72 Å². The summed E-state index contributed by atoms with van der Waals surface area (Å²) in [6, 6.07) is 0.659. The maximum Gasteiger partial charge on any atom is 0.433 e. The highest BCUT2D eigenvalue weighted by Crippen LogP contribution is 2.27. The third-order valence-electron chi connectivity index (χ3n) is 2.48. The fraction of sp³-hybridized carbons (Fsp3) is 0.556. The molecule has 1 N–H and O–H groups in total. The van der Waals surface area contributed by atoms with Crippen LogP contribution in [0, 0.1) is 0 Å². The van der Waals surface area contributed by atoms with Gasteiger partial charge in [0.05, 0.1) is 13.2 Å². The number of ether oxygens (including phenoxy) is 1. The zero-order valence-electron chi connectivity index (χ0n) is 10.1. The number of morpholine rings is 1. The number of hydrogen-bond acceptors (Lipinski definition) is 5. The predicted octanol–water partition coefficient (Wildman–Crippen LogP) is 0.484. The number of rotatable bonds is 3. The Hall–Kier alpha value is -1.46. The molecule has 0 spiro atoms. The lowest BCUT2D eigenvalue weighted by Gasteiger charge is -2.25. The maximum absolute atomic E-state index is 12.5. The van der Waals surface area contributed by atoms with E-state index in [-0.39, 0.29) is 26.3 Å². The van der Waals surface area contributed by atoms with Crippen molar-refractivity contribution in [3.05, 3.63) is 18.0 Å². The molecule has 7 nitrogen and oxygen atoms in total. The summed E-state index contributed by atoms with van der Waals surface area (Å²) < 4.78 is 69.2.